The molecular formula is C25H32ClN7O3S. The van der Waals surface area contributed by atoms with Gasteiger partial charge in [0, 0.05) is 43.3 Å². The molecule has 12 heteroatoms. The highest BCUT2D eigenvalue weighted by molar-refractivity contribution is 7.92. The molecule has 2 saturated heterocycles. The largest absolute Gasteiger partial charge is 0.370 e. The molecule has 5 rings (SSSR count). The van der Waals surface area contributed by atoms with Gasteiger partial charge in [0.2, 0.25) is 10.0 Å². The van der Waals surface area contributed by atoms with Crippen molar-refractivity contribution < 1.29 is 13.2 Å². The van der Waals surface area contributed by atoms with E-state index in [-0.39, 0.29) is 23.2 Å². The summed E-state index contributed by atoms with van der Waals surface area (Å²) >= 11 is 6.21. The van der Waals surface area contributed by atoms with Crippen molar-refractivity contribution in [3.63, 3.8) is 0 Å². The molecule has 2 fully saturated rings. The van der Waals surface area contributed by atoms with Gasteiger partial charge < -0.3 is 15.1 Å². The van der Waals surface area contributed by atoms with Gasteiger partial charge in [-0.1, -0.05) is 18.5 Å². The molecule has 2 aliphatic heterocycles. The van der Waals surface area contributed by atoms with Crippen LogP contribution < -0.4 is 14.9 Å². The minimum absolute atomic E-state index is 0.211. The fourth-order valence-corrected chi connectivity index (χ4v) is 5.60. The van der Waals surface area contributed by atoms with Gasteiger partial charge in [-0.3, -0.25) is 9.52 Å². The number of carbonyl (C=O) groups excluding carboxylic acids is 1. The summed E-state index contributed by atoms with van der Waals surface area (Å²) in [5.41, 5.74) is 1.93. The minimum atomic E-state index is -3.58. The Labute approximate surface area is 222 Å². The summed E-state index contributed by atoms with van der Waals surface area (Å²) in [5.74, 6) is 1.52. The van der Waals surface area contributed by atoms with Gasteiger partial charge in [0.25, 0.3) is 5.91 Å². The summed E-state index contributed by atoms with van der Waals surface area (Å²) in [7, 11) is -3.58. The maximum atomic E-state index is 13.8. The van der Waals surface area contributed by atoms with Crippen LogP contribution in [0.2, 0.25) is 5.02 Å². The van der Waals surface area contributed by atoms with Crippen molar-refractivity contribution in [3.8, 4) is 0 Å². The number of nitrogens with zero attached hydrogens (tertiary/aromatic N) is 5. The predicted molar refractivity (Wildman–Crippen MR) is 146 cm³/mol. The summed E-state index contributed by atoms with van der Waals surface area (Å²) in [5, 5.41) is 8.73. The molecule has 198 valence electrons. The summed E-state index contributed by atoms with van der Waals surface area (Å²) in [6.45, 7) is 5.45. The van der Waals surface area contributed by atoms with E-state index in [0.717, 1.165) is 81.0 Å². The number of fused-ring (bicyclic) bond motifs is 1. The Bertz CT molecular complexity index is 1420. The van der Waals surface area contributed by atoms with Gasteiger partial charge in [0.15, 0.2) is 5.65 Å². The smallest absolute Gasteiger partial charge is 0.256 e. The number of likely N-dealkylation sites (tertiary alicyclic amines) is 1. The first-order chi connectivity index (χ1) is 17.7. The first-order valence-electron chi connectivity index (χ1n) is 12.7. The molecule has 2 N–H and O–H groups in total. The topological polar surface area (TPSA) is 112 Å². The number of hydrogen-bond donors (Lipinski definition) is 2. The van der Waals surface area contributed by atoms with Gasteiger partial charge in [-0.05, 0) is 50.3 Å². The van der Waals surface area contributed by atoms with Crippen molar-refractivity contribution in [2.24, 2.45) is 0 Å². The van der Waals surface area contributed by atoms with Crippen molar-refractivity contribution >= 4 is 50.5 Å². The van der Waals surface area contributed by atoms with E-state index < -0.39 is 10.0 Å². The molecule has 1 amide bonds. The molecule has 0 spiro atoms. The van der Waals surface area contributed by atoms with Crippen LogP contribution >= 0.6 is 11.6 Å². The zero-order valence-corrected chi connectivity index (χ0v) is 22.6. The highest BCUT2D eigenvalue weighted by Crippen LogP contribution is 2.35. The zero-order chi connectivity index (χ0) is 26.2. The second kappa shape index (κ2) is 10.4. The molecule has 10 nitrogen and oxygen atoms in total. The van der Waals surface area contributed by atoms with E-state index in [1.807, 2.05) is 16.6 Å². The van der Waals surface area contributed by atoms with Crippen molar-refractivity contribution in [1.82, 2.24) is 19.5 Å². The number of piperidine rings is 1. The van der Waals surface area contributed by atoms with Gasteiger partial charge in [0.1, 0.15) is 11.6 Å². The second-order valence-electron chi connectivity index (χ2n) is 9.68. The van der Waals surface area contributed by atoms with Crippen molar-refractivity contribution in [1.29, 1.82) is 0 Å². The molecule has 4 heterocycles. The van der Waals surface area contributed by atoms with E-state index in [1.165, 1.54) is 12.1 Å². The Morgan fingerprint density at radius 3 is 2.65 bits per heavy atom. The van der Waals surface area contributed by atoms with Crippen LogP contribution in [-0.4, -0.2) is 66.3 Å². The molecular weight excluding hydrogens is 514 g/mol. The Kier molecular flexibility index (Phi) is 7.17. The fourth-order valence-electron chi connectivity index (χ4n) is 4.85. The van der Waals surface area contributed by atoms with E-state index in [4.69, 9.17) is 21.7 Å². The Morgan fingerprint density at radius 2 is 1.95 bits per heavy atom. The van der Waals surface area contributed by atoms with Crippen molar-refractivity contribution in [2.75, 3.05) is 47.4 Å². The molecule has 37 heavy (non-hydrogen) atoms. The molecule has 1 atom stereocenters. The normalized spacial score (nSPS) is 18.1. The number of aromatic nitrogens is 3. The highest BCUT2D eigenvalue weighted by Gasteiger charge is 2.32. The van der Waals surface area contributed by atoms with E-state index in [2.05, 4.69) is 21.9 Å². The lowest BCUT2D eigenvalue weighted by Crippen LogP contribution is -2.39. The molecule has 2 aromatic heterocycles. The van der Waals surface area contributed by atoms with Gasteiger partial charge in [-0.15, -0.1) is 0 Å². The molecule has 0 saturated carbocycles. The standard InChI is InChI=1S/C25H32ClN7O3S/c1-3-10-27-22-16-23(31-11-6-12-31)28-24-15-20(29-33(22)24)21-7-4-5-13-32(21)25(34)18-14-17(26)8-9-19(18)30-37(2,35)36/h8-9,14-16,21,27,30H,3-7,10-13H2,1-2H3/t21-/m0/s1. The lowest BCUT2D eigenvalue weighted by Gasteiger charge is -2.35. The average Bonchev–Trinajstić information content (AvgIpc) is 3.25. The number of anilines is 3. The molecule has 0 unspecified atom stereocenters. The number of amides is 1. The van der Waals surface area contributed by atoms with Crippen LogP contribution in [0.25, 0.3) is 5.65 Å². The highest BCUT2D eigenvalue weighted by atomic mass is 35.5. The van der Waals surface area contributed by atoms with E-state index >= 15 is 0 Å². The molecule has 3 aromatic rings. The monoisotopic (exact) mass is 545 g/mol. The van der Waals surface area contributed by atoms with Crippen LogP contribution in [-0.2, 0) is 10.0 Å². The molecule has 0 radical (unpaired) electrons. The number of nitrogens with one attached hydrogen (secondary N) is 2. The number of benzene rings is 1. The fraction of sp³-hybridized carbons (Fsp3) is 0.480. The number of sulfonamides is 1. The summed E-state index contributed by atoms with van der Waals surface area (Å²) in [6.07, 6.45) is 5.76. The summed E-state index contributed by atoms with van der Waals surface area (Å²) < 4.78 is 28.1. The third-order valence-electron chi connectivity index (χ3n) is 6.78. The average molecular weight is 546 g/mol. The van der Waals surface area contributed by atoms with Crippen molar-refractivity contribution in [3.05, 3.63) is 46.6 Å². The Morgan fingerprint density at radius 1 is 1.14 bits per heavy atom. The third-order valence-corrected chi connectivity index (χ3v) is 7.61. The van der Waals surface area contributed by atoms with Crippen molar-refractivity contribution in [2.45, 2.75) is 45.1 Å². The first kappa shape index (κ1) is 25.6. The summed E-state index contributed by atoms with van der Waals surface area (Å²) in [6, 6.07) is 8.34. The first-order valence-corrected chi connectivity index (χ1v) is 15.0. The third kappa shape index (κ3) is 5.47. The van der Waals surface area contributed by atoms with Gasteiger partial charge >= 0.3 is 0 Å². The van der Waals surface area contributed by atoms with Gasteiger partial charge in [-0.25, -0.2) is 13.4 Å². The SMILES string of the molecule is CCCNc1cc(N2CCC2)nc2cc([C@@H]3CCCCN3C(=O)c3cc(Cl)ccc3NS(C)(=O)=O)nn12. The second-order valence-corrected chi connectivity index (χ2v) is 11.9. The van der Waals surface area contributed by atoms with Crippen LogP contribution in [0.1, 0.15) is 61.1 Å². The van der Waals surface area contributed by atoms with Crippen LogP contribution in [0.5, 0.6) is 0 Å². The van der Waals surface area contributed by atoms with Gasteiger partial charge in [0.05, 0.1) is 29.2 Å². The van der Waals surface area contributed by atoms with Crippen LogP contribution in [0.4, 0.5) is 17.3 Å². The number of halogens is 1. The van der Waals surface area contributed by atoms with Crippen LogP contribution in [0, 0.1) is 0 Å². The lowest BCUT2D eigenvalue weighted by atomic mass is 9.98. The number of rotatable bonds is 8. The van der Waals surface area contributed by atoms with E-state index in [0.29, 0.717) is 11.6 Å². The quantitative estimate of drug-likeness (QED) is 0.437. The zero-order valence-electron chi connectivity index (χ0n) is 21.1. The maximum absolute atomic E-state index is 13.8. The molecule has 0 bridgehead atoms. The molecule has 2 aliphatic rings. The lowest BCUT2D eigenvalue weighted by molar-refractivity contribution is 0.0607. The number of carbonyl (C=O) groups is 1. The van der Waals surface area contributed by atoms with E-state index in [9.17, 15) is 13.2 Å². The summed E-state index contributed by atoms with van der Waals surface area (Å²) in [4.78, 5) is 22.7. The van der Waals surface area contributed by atoms with E-state index in [1.54, 1.807) is 11.0 Å². The minimum Gasteiger partial charge on any atom is -0.370 e. The van der Waals surface area contributed by atoms with Gasteiger partial charge in [-0.2, -0.15) is 9.61 Å². The molecule has 0 aliphatic carbocycles. The van der Waals surface area contributed by atoms with Crippen LogP contribution in [0.3, 0.4) is 0 Å². The Hall–Kier alpha value is -3.05. The predicted octanol–water partition coefficient (Wildman–Crippen LogP) is 4.15. The van der Waals surface area contributed by atoms with Crippen LogP contribution in [0.15, 0.2) is 30.3 Å². The Balaban J connectivity index is 1.52. The molecule has 1 aromatic carbocycles. The maximum Gasteiger partial charge on any atom is 0.256 e. The number of hydrogen-bond acceptors (Lipinski definition) is 7.